The Morgan fingerprint density at radius 3 is 2.67 bits per heavy atom. The summed E-state index contributed by atoms with van der Waals surface area (Å²) in [6.45, 7) is 0. The van der Waals surface area contributed by atoms with Gasteiger partial charge in [0.05, 0.1) is 5.92 Å². The smallest absolute Gasteiger partial charge is 0.306 e. The van der Waals surface area contributed by atoms with Gasteiger partial charge >= 0.3 is 5.97 Å². The zero-order valence-electron chi connectivity index (χ0n) is 9.60. The van der Waals surface area contributed by atoms with E-state index in [2.05, 4.69) is 10.3 Å². The average Bonchev–Trinajstić information content (AvgIpc) is 2.78. The molecule has 1 aromatic rings. The Labute approximate surface area is 103 Å². The number of hydrogen-bond acceptors (Lipinski definition) is 3. The van der Waals surface area contributed by atoms with Gasteiger partial charge in [0.1, 0.15) is 5.82 Å². The van der Waals surface area contributed by atoms with Crippen LogP contribution in [0.3, 0.4) is 0 Å². The van der Waals surface area contributed by atoms with Crippen LogP contribution in [0.4, 0.5) is 10.2 Å². The van der Waals surface area contributed by atoms with E-state index < -0.39 is 17.8 Å². The molecule has 0 bridgehead atoms. The Balaban J connectivity index is 1.95. The molecular weight excluding hydrogens is 239 g/mol. The number of halogens is 1. The normalized spacial score (nSPS) is 22.7. The fourth-order valence-corrected chi connectivity index (χ4v) is 2.15. The predicted octanol–water partition coefficient (Wildman–Crippen LogP) is 1.66. The summed E-state index contributed by atoms with van der Waals surface area (Å²) in [7, 11) is 0. The third-order valence-electron chi connectivity index (χ3n) is 3.12. The van der Waals surface area contributed by atoms with E-state index in [1.54, 1.807) is 0 Å². The minimum atomic E-state index is -0.866. The minimum Gasteiger partial charge on any atom is -0.481 e. The highest BCUT2D eigenvalue weighted by molar-refractivity contribution is 5.92. The van der Waals surface area contributed by atoms with Gasteiger partial charge in [0, 0.05) is 5.92 Å². The molecule has 5 nitrogen and oxygen atoms in total. The molecule has 0 aromatic carbocycles. The number of amides is 1. The van der Waals surface area contributed by atoms with Crippen molar-refractivity contribution in [3.8, 4) is 0 Å². The third-order valence-corrected chi connectivity index (χ3v) is 3.12. The standard InChI is InChI=1S/C12H13FN2O3/c13-9-2-1-3-10(14-9)15-11(16)7-4-5-8(6-7)12(17)18/h1-3,7-8H,4-6H2,(H,17,18)(H,14,15,16). The van der Waals surface area contributed by atoms with Gasteiger partial charge in [-0.25, -0.2) is 4.98 Å². The minimum absolute atomic E-state index is 0.152. The molecule has 18 heavy (non-hydrogen) atoms. The number of hydrogen-bond donors (Lipinski definition) is 2. The molecule has 1 aliphatic carbocycles. The fourth-order valence-electron chi connectivity index (χ4n) is 2.15. The van der Waals surface area contributed by atoms with Crippen LogP contribution in [0.25, 0.3) is 0 Å². The molecule has 2 N–H and O–H groups in total. The van der Waals surface area contributed by atoms with Gasteiger partial charge in [-0.1, -0.05) is 6.07 Å². The van der Waals surface area contributed by atoms with Gasteiger partial charge in [-0.15, -0.1) is 0 Å². The van der Waals surface area contributed by atoms with Gasteiger partial charge in [0.25, 0.3) is 0 Å². The van der Waals surface area contributed by atoms with Crippen molar-refractivity contribution in [3.63, 3.8) is 0 Å². The van der Waals surface area contributed by atoms with Crippen LogP contribution in [-0.2, 0) is 9.59 Å². The molecule has 1 amide bonds. The number of carboxylic acids is 1. The van der Waals surface area contributed by atoms with E-state index in [4.69, 9.17) is 5.11 Å². The van der Waals surface area contributed by atoms with E-state index in [-0.39, 0.29) is 17.6 Å². The summed E-state index contributed by atoms with van der Waals surface area (Å²) >= 11 is 0. The molecule has 6 heteroatoms. The van der Waals surface area contributed by atoms with Crippen molar-refractivity contribution in [1.82, 2.24) is 4.98 Å². The van der Waals surface area contributed by atoms with Gasteiger partial charge < -0.3 is 10.4 Å². The topological polar surface area (TPSA) is 79.3 Å². The summed E-state index contributed by atoms with van der Waals surface area (Å²) in [4.78, 5) is 26.1. The van der Waals surface area contributed by atoms with E-state index in [0.717, 1.165) is 0 Å². The summed E-state index contributed by atoms with van der Waals surface area (Å²) in [6, 6.07) is 4.13. The van der Waals surface area contributed by atoms with Crippen molar-refractivity contribution in [2.24, 2.45) is 11.8 Å². The van der Waals surface area contributed by atoms with Crippen molar-refractivity contribution in [1.29, 1.82) is 0 Å². The highest BCUT2D eigenvalue weighted by atomic mass is 19.1. The van der Waals surface area contributed by atoms with Crippen LogP contribution in [0.5, 0.6) is 0 Å². The van der Waals surface area contributed by atoms with Crippen LogP contribution in [0.1, 0.15) is 19.3 Å². The number of rotatable bonds is 3. The van der Waals surface area contributed by atoms with Crippen LogP contribution < -0.4 is 5.32 Å². The highest BCUT2D eigenvalue weighted by Gasteiger charge is 2.33. The van der Waals surface area contributed by atoms with Crippen LogP contribution in [-0.4, -0.2) is 22.0 Å². The van der Waals surface area contributed by atoms with E-state index in [1.807, 2.05) is 0 Å². The molecule has 0 spiro atoms. The quantitative estimate of drug-likeness (QED) is 0.802. The van der Waals surface area contributed by atoms with Gasteiger partial charge in [-0.2, -0.15) is 4.39 Å². The predicted molar refractivity (Wildman–Crippen MR) is 61.3 cm³/mol. The van der Waals surface area contributed by atoms with Crippen LogP contribution in [0, 0.1) is 17.8 Å². The molecule has 1 saturated carbocycles. The maximum atomic E-state index is 12.8. The first-order valence-corrected chi connectivity index (χ1v) is 5.72. The second kappa shape index (κ2) is 5.12. The van der Waals surface area contributed by atoms with Crippen molar-refractivity contribution < 1.29 is 19.1 Å². The average molecular weight is 252 g/mol. The summed E-state index contributed by atoms with van der Waals surface area (Å²) in [5.74, 6) is -2.47. The Bertz CT molecular complexity index is 478. The number of aliphatic carboxylic acids is 1. The molecule has 2 atom stereocenters. The summed E-state index contributed by atoms with van der Waals surface area (Å²) < 4.78 is 12.8. The second-order valence-electron chi connectivity index (χ2n) is 4.38. The van der Waals surface area contributed by atoms with Crippen LogP contribution in [0.2, 0.25) is 0 Å². The SMILES string of the molecule is O=C(O)C1CCC(C(=O)Nc2cccc(F)n2)C1. The Morgan fingerprint density at radius 2 is 2.06 bits per heavy atom. The zero-order valence-corrected chi connectivity index (χ0v) is 9.60. The highest BCUT2D eigenvalue weighted by Crippen LogP contribution is 2.31. The Hall–Kier alpha value is -1.98. The molecule has 1 aliphatic rings. The van der Waals surface area contributed by atoms with E-state index >= 15 is 0 Å². The molecular formula is C12H13FN2O3. The molecule has 1 aromatic heterocycles. The van der Waals surface area contributed by atoms with Crippen molar-refractivity contribution in [2.75, 3.05) is 5.32 Å². The van der Waals surface area contributed by atoms with Crippen molar-refractivity contribution in [2.45, 2.75) is 19.3 Å². The molecule has 0 radical (unpaired) electrons. The van der Waals surface area contributed by atoms with Crippen LogP contribution >= 0.6 is 0 Å². The maximum absolute atomic E-state index is 12.8. The molecule has 1 fully saturated rings. The van der Waals surface area contributed by atoms with E-state index in [9.17, 15) is 14.0 Å². The number of carbonyl (C=O) groups is 2. The third kappa shape index (κ3) is 2.82. The number of pyridine rings is 1. The number of anilines is 1. The molecule has 2 rings (SSSR count). The van der Waals surface area contributed by atoms with Gasteiger partial charge in [-0.3, -0.25) is 9.59 Å². The molecule has 0 aliphatic heterocycles. The molecule has 1 heterocycles. The number of carboxylic acid groups (broad SMARTS) is 1. The lowest BCUT2D eigenvalue weighted by Crippen LogP contribution is -2.22. The van der Waals surface area contributed by atoms with Gasteiger partial charge in [-0.05, 0) is 31.4 Å². The lowest BCUT2D eigenvalue weighted by atomic mass is 10.0. The largest absolute Gasteiger partial charge is 0.481 e. The first kappa shape index (κ1) is 12.5. The molecule has 2 unspecified atom stereocenters. The zero-order chi connectivity index (χ0) is 13.1. The van der Waals surface area contributed by atoms with Gasteiger partial charge in [0.2, 0.25) is 11.9 Å². The maximum Gasteiger partial charge on any atom is 0.306 e. The Kier molecular flexibility index (Phi) is 3.55. The second-order valence-corrected chi connectivity index (χ2v) is 4.38. The first-order chi connectivity index (χ1) is 8.56. The number of nitrogens with one attached hydrogen (secondary N) is 1. The van der Waals surface area contributed by atoms with Gasteiger partial charge in [0.15, 0.2) is 0 Å². The summed E-state index contributed by atoms with van der Waals surface area (Å²) in [6.07, 6.45) is 1.37. The van der Waals surface area contributed by atoms with Crippen molar-refractivity contribution >= 4 is 17.7 Å². The van der Waals surface area contributed by atoms with E-state index in [0.29, 0.717) is 19.3 Å². The number of aromatic nitrogens is 1. The lowest BCUT2D eigenvalue weighted by Gasteiger charge is -2.09. The molecule has 0 saturated heterocycles. The van der Waals surface area contributed by atoms with Crippen molar-refractivity contribution in [3.05, 3.63) is 24.1 Å². The first-order valence-electron chi connectivity index (χ1n) is 5.72. The number of carbonyl (C=O) groups excluding carboxylic acids is 1. The monoisotopic (exact) mass is 252 g/mol. The number of nitrogens with zero attached hydrogens (tertiary/aromatic N) is 1. The lowest BCUT2D eigenvalue weighted by molar-refractivity contribution is -0.141. The molecule has 96 valence electrons. The van der Waals surface area contributed by atoms with E-state index in [1.165, 1.54) is 18.2 Å². The fraction of sp³-hybridized carbons (Fsp3) is 0.417. The summed E-state index contributed by atoms with van der Waals surface area (Å²) in [5.41, 5.74) is 0. The Morgan fingerprint density at radius 1 is 1.33 bits per heavy atom. The van der Waals surface area contributed by atoms with Crippen LogP contribution in [0.15, 0.2) is 18.2 Å². The summed E-state index contributed by atoms with van der Waals surface area (Å²) in [5, 5.41) is 11.3.